The lowest BCUT2D eigenvalue weighted by Gasteiger charge is -2.30. The van der Waals surface area contributed by atoms with Crippen LogP contribution >= 0.6 is 11.3 Å². The smallest absolute Gasteiger partial charge is 0.307 e. The molecular weight excluding hydrogens is 272 g/mol. The monoisotopic (exact) mass is 294 g/mol. The Kier molecular flexibility index (Phi) is 4.33. The fourth-order valence-corrected chi connectivity index (χ4v) is 3.71. The molecule has 1 unspecified atom stereocenters. The van der Waals surface area contributed by atoms with Crippen molar-refractivity contribution in [2.45, 2.75) is 46.5 Å². The second-order valence-electron chi connectivity index (χ2n) is 6.68. The Morgan fingerprint density at radius 1 is 1.35 bits per heavy atom. The van der Waals surface area contributed by atoms with E-state index in [-0.39, 0.29) is 17.1 Å². The first kappa shape index (κ1) is 15.2. The zero-order chi connectivity index (χ0) is 14.9. The zero-order valence-electron chi connectivity index (χ0n) is 12.3. The summed E-state index contributed by atoms with van der Waals surface area (Å²) in [6.07, 6.45) is 3.75. The number of aliphatic carboxylic acids is 1. The van der Waals surface area contributed by atoms with Gasteiger partial charge in [0.05, 0.1) is 10.8 Å². The summed E-state index contributed by atoms with van der Waals surface area (Å²) in [5, 5.41) is 9.35. The summed E-state index contributed by atoms with van der Waals surface area (Å²) in [6.45, 7) is 5.72. The van der Waals surface area contributed by atoms with E-state index >= 15 is 0 Å². The lowest BCUT2D eigenvalue weighted by atomic mass is 9.74. The lowest BCUT2D eigenvalue weighted by Crippen LogP contribution is -2.30. The van der Waals surface area contributed by atoms with Crippen molar-refractivity contribution in [1.29, 1.82) is 0 Å². The molecule has 1 saturated carbocycles. The first-order chi connectivity index (χ1) is 9.29. The maximum atomic E-state index is 12.2. The van der Waals surface area contributed by atoms with Crippen LogP contribution in [0.4, 0.5) is 0 Å². The van der Waals surface area contributed by atoms with Gasteiger partial charge in [-0.1, -0.05) is 27.2 Å². The van der Waals surface area contributed by atoms with Gasteiger partial charge in [0.2, 0.25) is 0 Å². The Morgan fingerprint density at radius 2 is 2.00 bits per heavy atom. The molecule has 1 heterocycles. The average Bonchev–Trinajstić information content (AvgIpc) is 2.71. The molecule has 20 heavy (non-hydrogen) atoms. The molecule has 3 nitrogen and oxygen atoms in total. The lowest BCUT2D eigenvalue weighted by molar-refractivity contribution is -0.144. The Hall–Kier alpha value is -1.16. The number of hydrogen-bond acceptors (Lipinski definition) is 3. The summed E-state index contributed by atoms with van der Waals surface area (Å²) in [6, 6.07) is 3.76. The standard InChI is InChI=1S/C16H22O3S/c1-16(2,3)14(17)13-8-7-11(20-13)9-12(15(18)19)10-5-4-6-10/h7-8,10,12H,4-6,9H2,1-3H3,(H,18,19). The fourth-order valence-electron chi connectivity index (χ4n) is 2.49. The molecular formula is C16H22O3S. The van der Waals surface area contributed by atoms with Crippen molar-refractivity contribution < 1.29 is 14.7 Å². The van der Waals surface area contributed by atoms with Crippen LogP contribution in [0.15, 0.2) is 12.1 Å². The molecule has 1 atom stereocenters. The minimum absolute atomic E-state index is 0.129. The third-order valence-corrected chi connectivity index (χ3v) is 5.13. The molecule has 1 aliphatic carbocycles. The summed E-state index contributed by atoms with van der Waals surface area (Å²) >= 11 is 1.45. The number of carboxylic acids is 1. The Bertz CT molecular complexity index is 506. The van der Waals surface area contributed by atoms with E-state index in [1.54, 1.807) is 0 Å². The van der Waals surface area contributed by atoms with E-state index in [0.29, 0.717) is 12.3 Å². The highest BCUT2D eigenvalue weighted by Crippen LogP contribution is 2.37. The average molecular weight is 294 g/mol. The predicted molar refractivity (Wildman–Crippen MR) is 80.3 cm³/mol. The number of carboxylic acid groups (broad SMARTS) is 1. The predicted octanol–water partition coefficient (Wildman–Crippen LogP) is 4.02. The van der Waals surface area contributed by atoms with Gasteiger partial charge in [-0.3, -0.25) is 9.59 Å². The molecule has 1 aliphatic rings. The van der Waals surface area contributed by atoms with Crippen LogP contribution in [0.5, 0.6) is 0 Å². The van der Waals surface area contributed by atoms with Crippen molar-refractivity contribution in [3.05, 3.63) is 21.9 Å². The molecule has 1 aromatic heterocycles. The minimum atomic E-state index is -0.702. The van der Waals surface area contributed by atoms with E-state index in [9.17, 15) is 14.7 Å². The largest absolute Gasteiger partial charge is 0.481 e. The van der Waals surface area contributed by atoms with Crippen LogP contribution in [0.3, 0.4) is 0 Å². The van der Waals surface area contributed by atoms with Crippen LogP contribution < -0.4 is 0 Å². The summed E-state index contributed by atoms with van der Waals surface area (Å²) < 4.78 is 0. The Morgan fingerprint density at radius 3 is 2.45 bits per heavy atom. The number of rotatable bonds is 5. The van der Waals surface area contributed by atoms with Crippen LogP contribution in [0.25, 0.3) is 0 Å². The van der Waals surface area contributed by atoms with Crippen LogP contribution in [-0.2, 0) is 11.2 Å². The summed E-state index contributed by atoms with van der Waals surface area (Å²) in [4.78, 5) is 25.3. The van der Waals surface area contributed by atoms with Gasteiger partial charge >= 0.3 is 5.97 Å². The molecule has 2 rings (SSSR count). The van der Waals surface area contributed by atoms with Crippen LogP contribution in [0.1, 0.15) is 54.6 Å². The Labute approximate surface area is 124 Å². The first-order valence-corrected chi connectivity index (χ1v) is 7.97. The van der Waals surface area contributed by atoms with E-state index in [4.69, 9.17) is 0 Å². The molecule has 4 heteroatoms. The minimum Gasteiger partial charge on any atom is -0.481 e. The van der Waals surface area contributed by atoms with Gasteiger partial charge in [-0.25, -0.2) is 0 Å². The maximum Gasteiger partial charge on any atom is 0.307 e. The Balaban J connectivity index is 2.08. The maximum absolute atomic E-state index is 12.2. The van der Waals surface area contributed by atoms with Gasteiger partial charge in [-0.2, -0.15) is 0 Å². The van der Waals surface area contributed by atoms with E-state index in [2.05, 4.69) is 0 Å². The third kappa shape index (κ3) is 3.29. The molecule has 1 fully saturated rings. The molecule has 0 saturated heterocycles. The van der Waals surface area contributed by atoms with E-state index in [0.717, 1.165) is 29.0 Å². The highest BCUT2D eigenvalue weighted by molar-refractivity contribution is 7.14. The van der Waals surface area contributed by atoms with Crippen LogP contribution in [-0.4, -0.2) is 16.9 Å². The van der Waals surface area contributed by atoms with E-state index < -0.39 is 5.97 Å². The van der Waals surface area contributed by atoms with Gasteiger partial charge in [-0.05, 0) is 37.3 Å². The van der Waals surface area contributed by atoms with Crippen LogP contribution in [0.2, 0.25) is 0 Å². The number of hydrogen-bond donors (Lipinski definition) is 1. The molecule has 110 valence electrons. The first-order valence-electron chi connectivity index (χ1n) is 7.15. The number of carbonyl (C=O) groups is 2. The van der Waals surface area contributed by atoms with Crippen molar-refractivity contribution in [2.24, 2.45) is 17.3 Å². The van der Waals surface area contributed by atoms with Crippen molar-refractivity contribution in [2.75, 3.05) is 0 Å². The van der Waals surface area contributed by atoms with Crippen molar-refractivity contribution in [3.8, 4) is 0 Å². The van der Waals surface area contributed by atoms with Gasteiger partial charge < -0.3 is 5.11 Å². The van der Waals surface area contributed by atoms with Gasteiger partial charge in [-0.15, -0.1) is 11.3 Å². The summed E-state index contributed by atoms with van der Waals surface area (Å²) in [5.74, 6) is -0.549. The number of Topliss-reactive ketones (excluding diaryl/α,β-unsaturated/α-hetero) is 1. The second-order valence-corrected chi connectivity index (χ2v) is 7.85. The van der Waals surface area contributed by atoms with Crippen molar-refractivity contribution in [1.82, 2.24) is 0 Å². The summed E-state index contributed by atoms with van der Waals surface area (Å²) in [7, 11) is 0. The summed E-state index contributed by atoms with van der Waals surface area (Å²) in [5.41, 5.74) is -0.387. The molecule has 1 N–H and O–H groups in total. The number of ketones is 1. The quantitative estimate of drug-likeness (QED) is 0.834. The SMILES string of the molecule is CC(C)(C)C(=O)c1ccc(CC(C(=O)O)C2CCC2)s1. The van der Waals surface area contributed by atoms with Gasteiger partial charge in [0.1, 0.15) is 0 Å². The van der Waals surface area contributed by atoms with Gasteiger partial charge in [0.25, 0.3) is 0 Å². The van der Waals surface area contributed by atoms with E-state index in [1.165, 1.54) is 11.3 Å². The molecule has 0 aliphatic heterocycles. The highest BCUT2D eigenvalue weighted by atomic mass is 32.1. The normalized spacial score (nSPS) is 17.6. The molecule has 0 amide bonds. The van der Waals surface area contributed by atoms with Gasteiger partial charge in [0, 0.05) is 10.3 Å². The fraction of sp³-hybridized carbons (Fsp3) is 0.625. The van der Waals surface area contributed by atoms with Crippen molar-refractivity contribution in [3.63, 3.8) is 0 Å². The highest BCUT2D eigenvalue weighted by Gasteiger charge is 2.33. The molecule has 0 bridgehead atoms. The topological polar surface area (TPSA) is 54.4 Å². The second kappa shape index (κ2) is 5.68. The number of carbonyl (C=O) groups excluding carboxylic acids is 1. The molecule has 0 spiro atoms. The van der Waals surface area contributed by atoms with Crippen molar-refractivity contribution >= 4 is 23.1 Å². The zero-order valence-corrected chi connectivity index (χ0v) is 13.1. The number of thiophene rings is 1. The molecule has 0 radical (unpaired) electrons. The molecule has 0 aromatic carbocycles. The molecule has 1 aromatic rings. The van der Waals surface area contributed by atoms with E-state index in [1.807, 2.05) is 32.9 Å². The van der Waals surface area contributed by atoms with Crippen LogP contribution in [0, 0.1) is 17.3 Å². The van der Waals surface area contributed by atoms with Gasteiger partial charge in [0.15, 0.2) is 5.78 Å². The third-order valence-electron chi connectivity index (χ3n) is 4.02.